The minimum absolute atomic E-state index is 0.0909. The van der Waals surface area contributed by atoms with Crippen LogP contribution < -0.4 is 11.1 Å². The summed E-state index contributed by atoms with van der Waals surface area (Å²) in [5.41, 5.74) is 5.65. The van der Waals surface area contributed by atoms with Crippen LogP contribution in [0, 0.1) is 5.82 Å². The zero-order valence-corrected chi connectivity index (χ0v) is 16.3. The number of aromatic carboxylic acids is 1. The van der Waals surface area contributed by atoms with Crippen LogP contribution in [0.1, 0.15) is 23.4 Å². The van der Waals surface area contributed by atoms with Crippen LogP contribution in [-0.2, 0) is 9.59 Å². The molecule has 0 bridgehead atoms. The van der Waals surface area contributed by atoms with Crippen molar-refractivity contribution < 1.29 is 23.9 Å². The van der Waals surface area contributed by atoms with Gasteiger partial charge in [-0.05, 0) is 29.0 Å². The first-order chi connectivity index (χ1) is 14.8. The topological polar surface area (TPSA) is 127 Å². The van der Waals surface area contributed by atoms with E-state index >= 15 is 4.39 Å². The molecule has 0 saturated carbocycles. The number of carboxylic acid groups (broad SMARTS) is 1. The number of nitrogens with zero attached hydrogens (tertiary/aromatic N) is 2. The van der Waals surface area contributed by atoms with Crippen molar-refractivity contribution in [2.75, 3.05) is 0 Å². The molecule has 4 aromatic rings. The standard InChI is InChI=1S/C22H17FN4O4/c1-11(28)25-21(20(24)29)27-16-9-8-15(22(30)31)18(23)17(16)19(26-27)14-7-6-12-4-2-3-5-13(12)10-14/h2-10,21H,1H3,(H2,24,29)(H,25,28)(H,30,31). The van der Waals surface area contributed by atoms with Gasteiger partial charge < -0.3 is 16.2 Å². The Balaban J connectivity index is 2.05. The smallest absolute Gasteiger partial charge is 0.338 e. The Kier molecular flexibility index (Phi) is 4.86. The third kappa shape index (κ3) is 3.46. The van der Waals surface area contributed by atoms with Crippen LogP contribution in [0.5, 0.6) is 0 Å². The Bertz CT molecular complexity index is 1380. The summed E-state index contributed by atoms with van der Waals surface area (Å²) in [4.78, 5) is 35.1. The molecule has 156 valence electrons. The maximum Gasteiger partial charge on any atom is 0.338 e. The molecule has 2 amide bonds. The van der Waals surface area contributed by atoms with E-state index in [0.717, 1.165) is 21.5 Å². The lowest BCUT2D eigenvalue weighted by molar-refractivity contribution is -0.128. The molecule has 9 heteroatoms. The van der Waals surface area contributed by atoms with Gasteiger partial charge in [0.25, 0.3) is 5.91 Å². The second-order valence-electron chi connectivity index (χ2n) is 6.99. The van der Waals surface area contributed by atoms with Gasteiger partial charge in [-0.3, -0.25) is 9.59 Å². The first-order valence-electron chi connectivity index (χ1n) is 9.27. The van der Waals surface area contributed by atoms with Crippen LogP contribution >= 0.6 is 0 Å². The normalized spacial score (nSPS) is 12.1. The fraction of sp³-hybridized carbons (Fsp3) is 0.0909. The highest BCUT2D eigenvalue weighted by Gasteiger charge is 2.27. The Morgan fingerprint density at radius 3 is 2.45 bits per heavy atom. The van der Waals surface area contributed by atoms with Gasteiger partial charge in [-0.1, -0.05) is 36.4 Å². The van der Waals surface area contributed by atoms with Crippen molar-refractivity contribution in [1.82, 2.24) is 15.1 Å². The van der Waals surface area contributed by atoms with Gasteiger partial charge in [-0.15, -0.1) is 0 Å². The van der Waals surface area contributed by atoms with Gasteiger partial charge in [0.2, 0.25) is 12.1 Å². The number of carbonyl (C=O) groups excluding carboxylic acids is 2. The number of hydrogen-bond donors (Lipinski definition) is 3. The SMILES string of the molecule is CC(=O)NC(C(N)=O)n1nc(-c2ccc3ccccc3c2)c2c(F)c(C(=O)O)ccc21. The molecule has 1 aromatic heterocycles. The van der Waals surface area contributed by atoms with E-state index in [-0.39, 0.29) is 16.6 Å². The number of rotatable bonds is 5. The first kappa shape index (κ1) is 20.0. The van der Waals surface area contributed by atoms with Crippen molar-refractivity contribution in [2.45, 2.75) is 13.1 Å². The number of primary amides is 1. The maximum absolute atomic E-state index is 15.3. The van der Waals surface area contributed by atoms with E-state index < -0.39 is 35.3 Å². The Labute approximate surface area is 175 Å². The van der Waals surface area contributed by atoms with Gasteiger partial charge in [0, 0.05) is 12.5 Å². The van der Waals surface area contributed by atoms with Gasteiger partial charge in [-0.2, -0.15) is 5.10 Å². The van der Waals surface area contributed by atoms with Crippen LogP contribution in [0.3, 0.4) is 0 Å². The van der Waals surface area contributed by atoms with E-state index in [1.807, 2.05) is 30.3 Å². The van der Waals surface area contributed by atoms with Crippen molar-refractivity contribution in [3.05, 3.63) is 66.0 Å². The molecule has 4 N–H and O–H groups in total. The van der Waals surface area contributed by atoms with Crippen molar-refractivity contribution in [3.63, 3.8) is 0 Å². The van der Waals surface area contributed by atoms with E-state index in [1.54, 1.807) is 12.1 Å². The Morgan fingerprint density at radius 1 is 1.10 bits per heavy atom. The molecule has 0 saturated heterocycles. The quantitative estimate of drug-likeness (QED) is 0.457. The lowest BCUT2D eigenvalue weighted by atomic mass is 10.0. The summed E-state index contributed by atoms with van der Waals surface area (Å²) in [6, 6.07) is 15.3. The predicted molar refractivity (Wildman–Crippen MR) is 112 cm³/mol. The molecule has 4 rings (SSSR count). The first-order valence-corrected chi connectivity index (χ1v) is 9.27. The molecule has 0 spiro atoms. The fourth-order valence-electron chi connectivity index (χ4n) is 3.54. The number of benzene rings is 3. The van der Waals surface area contributed by atoms with Crippen molar-refractivity contribution in [3.8, 4) is 11.3 Å². The van der Waals surface area contributed by atoms with Crippen molar-refractivity contribution >= 4 is 39.5 Å². The molecule has 0 aliphatic rings. The summed E-state index contributed by atoms with van der Waals surface area (Å²) in [6.07, 6.45) is -1.38. The summed E-state index contributed by atoms with van der Waals surface area (Å²) in [6.45, 7) is 1.20. The molecule has 1 heterocycles. The summed E-state index contributed by atoms with van der Waals surface area (Å²) >= 11 is 0. The second kappa shape index (κ2) is 7.52. The molecular formula is C22H17FN4O4. The predicted octanol–water partition coefficient (Wildman–Crippen LogP) is 2.81. The molecule has 0 aliphatic carbocycles. The molecule has 3 aromatic carbocycles. The number of amides is 2. The molecular weight excluding hydrogens is 403 g/mol. The third-order valence-corrected chi connectivity index (χ3v) is 4.92. The average Bonchev–Trinajstić information content (AvgIpc) is 3.11. The number of carboxylic acids is 1. The van der Waals surface area contributed by atoms with Gasteiger partial charge in [0.05, 0.1) is 16.5 Å². The highest BCUT2D eigenvalue weighted by molar-refractivity contribution is 6.02. The number of halogens is 1. The summed E-state index contributed by atoms with van der Waals surface area (Å²) in [7, 11) is 0. The van der Waals surface area contributed by atoms with E-state index in [4.69, 9.17) is 5.73 Å². The van der Waals surface area contributed by atoms with E-state index in [2.05, 4.69) is 10.4 Å². The number of nitrogens with two attached hydrogens (primary N) is 1. The summed E-state index contributed by atoms with van der Waals surface area (Å²) < 4.78 is 16.4. The highest BCUT2D eigenvalue weighted by Crippen LogP contribution is 2.34. The molecule has 8 nitrogen and oxygen atoms in total. The number of nitrogens with one attached hydrogen (secondary N) is 1. The monoisotopic (exact) mass is 420 g/mol. The summed E-state index contributed by atoms with van der Waals surface area (Å²) in [5.74, 6) is -3.88. The second-order valence-corrected chi connectivity index (χ2v) is 6.99. The zero-order chi connectivity index (χ0) is 22.3. The van der Waals surface area contributed by atoms with Crippen LogP contribution in [0.2, 0.25) is 0 Å². The number of carbonyl (C=O) groups is 3. The number of hydrogen-bond acceptors (Lipinski definition) is 4. The average molecular weight is 420 g/mol. The molecule has 0 aliphatic heterocycles. The number of aromatic nitrogens is 2. The van der Waals surface area contributed by atoms with Crippen LogP contribution in [0.4, 0.5) is 4.39 Å². The minimum Gasteiger partial charge on any atom is -0.478 e. The number of fused-ring (bicyclic) bond motifs is 2. The largest absolute Gasteiger partial charge is 0.478 e. The van der Waals surface area contributed by atoms with Crippen molar-refractivity contribution in [2.24, 2.45) is 5.73 Å². The van der Waals surface area contributed by atoms with E-state index in [9.17, 15) is 19.5 Å². The van der Waals surface area contributed by atoms with Gasteiger partial charge >= 0.3 is 5.97 Å². The maximum atomic E-state index is 15.3. The zero-order valence-electron chi connectivity index (χ0n) is 16.3. The van der Waals surface area contributed by atoms with Crippen LogP contribution in [0.15, 0.2) is 54.6 Å². The molecule has 1 atom stereocenters. The lowest BCUT2D eigenvalue weighted by Gasteiger charge is -2.15. The van der Waals surface area contributed by atoms with Gasteiger partial charge in [0.1, 0.15) is 11.5 Å². The Morgan fingerprint density at radius 2 is 1.81 bits per heavy atom. The van der Waals surface area contributed by atoms with Gasteiger partial charge in [0.15, 0.2) is 0 Å². The molecule has 1 unspecified atom stereocenters. The molecule has 31 heavy (non-hydrogen) atoms. The minimum atomic E-state index is -1.44. The van der Waals surface area contributed by atoms with Crippen LogP contribution in [0.25, 0.3) is 32.9 Å². The third-order valence-electron chi connectivity index (χ3n) is 4.92. The van der Waals surface area contributed by atoms with Crippen molar-refractivity contribution in [1.29, 1.82) is 0 Å². The fourth-order valence-corrected chi connectivity index (χ4v) is 3.54. The van der Waals surface area contributed by atoms with Gasteiger partial charge in [-0.25, -0.2) is 13.9 Å². The highest BCUT2D eigenvalue weighted by atomic mass is 19.1. The Hall–Kier alpha value is -4.27. The summed E-state index contributed by atoms with van der Waals surface area (Å²) in [5, 5.41) is 17.8. The molecule has 0 radical (unpaired) electrons. The van der Waals surface area contributed by atoms with E-state index in [1.165, 1.54) is 13.0 Å². The van der Waals surface area contributed by atoms with E-state index in [0.29, 0.717) is 5.56 Å². The van der Waals surface area contributed by atoms with Crippen LogP contribution in [-0.4, -0.2) is 32.7 Å². The molecule has 0 fully saturated rings. The lowest BCUT2D eigenvalue weighted by Crippen LogP contribution is -2.40.